The van der Waals surface area contributed by atoms with Gasteiger partial charge in [0.2, 0.25) is 5.91 Å². The van der Waals surface area contributed by atoms with Gasteiger partial charge >= 0.3 is 5.97 Å². The predicted octanol–water partition coefficient (Wildman–Crippen LogP) is 4.18. The predicted molar refractivity (Wildman–Crippen MR) is 109 cm³/mol. The van der Waals surface area contributed by atoms with Gasteiger partial charge in [-0.05, 0) is 24.6 Å². The smallest absolute Gasteiger partial charge is 0.350 e. The number of ether oxygens (including phenoxy) is 2. The van der Waals surface area contributed by atoms with Crippen molar-refractivity contribution in [2.24, 2.45) is 0 Å². The van der Waals surface area contributed by atoms with Gasteiger partial charge in [-0.3, -0.25) is 4.79 Å². The van der Waals surface area contributed by atoms with Crippen molar-refractivity contribution in [1.82, 2.24) is 4.98 Å². The van der Waals surface area contributed by atoms with Crippen LogP contribution in [0.2, 0.25) is 0 Å². The summed E-state index contributed by atoms with van der Waals surface area (Å²) in [5, 5.41) is 3.14. The van der Waals surface area contributed by atoms with Gasteiger partial charge in [-0.2, -0.15) is 0 Å². The number of anilines is 1. The van der Waals surface area contributed by atoms with Crippen LogP contribution in [0.15, 0.2) is 54.6 Å². The first-order valence-corrected chi connectivity index (χ1v) is 9.58. The van der Waals surface area contributed by atoms with E-state index in [0.29, 0.717) is 15.7 Å². The van der Waals surface area contributed by atoms with Gasteiger partial charge < -0.3 is 14.8 Å². The van der Waals surface area contributed by atoms with E-state index in [1.54, 1.807) is 26.2 Å². The number of thiazole rings is 1. The largest absolute Gasteiger partial charge is 0.497 e. The number of rotatable bonds is 7. The summed E-state index contributed by atoms with van der Waals surface area (Å²) in [5.41, 5.74) is 2.14. The molecule has 0 fully saturated rings. The van der Waals surface area contributed by atoms with Gasteiger partial charge in [0.05, 0.1) is 25.8 Å². The number of aromatic nitrogens is 1. The van der Waals surface area contributed by atoms with Crippen molar-refractivity contribution < 1.29 is 19.1 Å². The van der Waals surface area contributed by atoms with Crippen LogP contribution in [0.4, 0.5) is 5.13 Å². The molecule has 1 amide bonds. The maximum Gasteiger partial charge on any atom is 0.350 e. The molecule has 0 unspecified atom stereocenters. The Bertz CT molecular complexity index is 952. The zero-order valence-electron chi connectivity index (χ0n) is 15.6. The summed E-state index contributed by atoms with van der Waals surface area (Å²) in [7, 11) is 1.59. The van der Waals surface area contributed by atoms with Crippen molar-refractivity contribution in [2.45, 2.75) is 13.3 Å². The molecule has 0 spiro atoms. The molecule has 0 aliphatic heterocycles. The van der Waals surface area contributed by atoms with Crippen LogP contribution in [-0.2, 0) is 16.0 Å². The third kappa shape index (κ3) is 4.75. The number of amides is 1. The fourth-order valence-electron chi connectivity index (χ4n) is 2.59. The highest BCUT2D eigenvalue weighted by molar-refractivity contribution is 7.18. The van der Waals surface area contributed by atoms with Crippen LogP contribution < -0.4 is 10.1 Å². The Morgan fingerprint density at radius 2 is 1.79 bits per heavy atom. The van der Waals surface area contributed by atoms with E-state index >= 15 is 0 Å². The summed E-state index contributed by atoms with van der Waals surface area (Å²) in [4.78, 5) is 29.5. The van der Waals surface area contributed by atoms with Crippen molar-refractivity contribution in [3.05, 3.63) is 65.0 Å². The van der Waals surface area contributed by atoms with Crippen molar-refractivity contribution in [3.63, 3.8) is 0 Å². The molecule has 1 heterocycles. The van der Waals surface area contributed by atoms with Crippen molar-refractivity contribution in [2.75, 3.05) is 19.0 Å². The van der Waals surface area contributed by atoms with E-state index < -0.39 is 5.97 Å². The summed E-state index contributed by atoms with van der Waals surface area (Å²) >= 11 is 1.11. The number of esters is 1. The van der Waals surface area contributed by atoms with Gasteiger partial charge in [0.25, 0.3) is 0 Å². The first kappa shape index (κ1) is 19.6. The lowest BCUT2D eigenvalue weighted by Gasteiger charge is -2.03. The molecule has 0 atom stereocenters. The van der Waals surface area contributed by atoms with E-state index in [-0.39, 0.29) is 18.9 Å². The Labute approximate surface area is 167 Å². The maximum atomic E-state index is 12.4. The molecule has 2 aromatic carbocycles. The summed E-state index contributed by atoms with van der Waals surface area (Å²) in [6.07, 6.45) is 0.193. The third-order valence-corrected chi connectivity index (χ3v) is 4.86. The molecule has 0 saturated heterocycles. The number of hydrogen-bond donors (Lipinski definition) is 1. The lowest BCUT2D eigenvalue weighted by atomic mass is 10.1. The van der Waals surface area contributed by atoms with Crippen molar-refractivity contribution in [1.29, 1.82) is 0 Å². The number of nitrogens with zero attached hydrogens (tertiary/aromatic N) is 1. The molecule has 0 radical (unpaired) electrons. The molecular weight excluding hydrogens is 376 g/mol. The molecule has 3 rings (SSSR count). The SMILES string of the molecule is CCOC(=O)c1sc(NC(=O)Cc2ccc(OC)cc2)nc1-c1ccccc1. The third-order valence-electron chi connectivity index (χ3n) is 3.91. The molecule has 0 saturated carbocycles. The highest BCUT2D eigenvalue weighted by atomic mass is 32.1. The zero-order valence-corrected chi connectivity index (χ0v) is 16.4. The Morgan fingerprint density at radius 1 is 1.07 bits per heavy atom. The fourth-order valence-corrected chi connectivity index (χ4v) is 3.49. The molecule has 144 valence electrons. The first-order chi connectivity index (χ1) is 13.6. The van der Waals surface area contributed by atoms with E-state index in [2.05, 4.69) is 10.3 Å². The molecule has 0 aliphatic rings. The van der Waals surface area contributed by atoms with Crippen LogP contribution >= 0.6 is 11.3 Å². The molecule has 7 heteroatoms. The van der Waals surface area contributed by atoms with Gasteiger partial charge in [0.15, 0.2) is 5.13 Å². The van der Waals surface area contributed by atoms with Crippen LogP contribution in [0, 0.1) is 0 Å². The van der Waals surface area contributed by atoms with E-state index in [1.807, 2.05) is 42.5 Å². The molecule has 3 aromatic rings. The maximum absolute atomic E-state index is 12.4. The fraction of sp³-hybridized carbons (Fsp3) is 0.190. The summed E-state index contributed by atoms with van der Waals surface area (Å²) in [6.45, 7) is 2.02. The van der Waals surface area contributed by atoms with Crippen LogP contribution in [0.25, 0.3) is 11.3 Å². The molecule has 0 aliphatic carbocycles. The number of carbonyl (C=O) groups excluding carboxylic acids is 2. The molecule has 1 N–H and O–H groups in total. The van der Waals surface area contributed by atoms with Gasteiger partial charge in [0.1, 0.15) is 10.6 Å². The van der Waals surface area contributed by atoms with Gasteiger partial charge in [-0.25, -0.2) is 9.78 Å². The minimum atomic E-state index is -0.450. The highest BCUT2D eigenvalue weighted by Gasteiger charge is 2.21. The van der Waals surface area contributed by atoms with E-state index in [1.165, 1.54) is 0 Å². The molecule has 0 bridgehead atoms. The van der Waals surface area contributed by atoms with Crippen LogP contribution in [0.3, 0.4) is 0 Å². The van der Waals surface area contributed by atoms with Crippen LogP contribution in [0.5, 0.6) is 5.75 Å². The topological polar surface area (TPSA) is 77.5 Å². The van der Waals surface area contributed by atoms with E-state index in [4.69, 9.17) is 9.47 Å². The number of carbonyl (C=O) groups is 2. The monoisotopic (exact) mass is 396 g/mol. The molecule has 1 aromatic heterocycles. The van der Waals surface area contributed by atoms with Crippen LogP contribution in [0.1, 0.15) is 22.2 Å². The first-order valence-electron chi connectivity index (χ1n) is 8.77. The highest BCUT2D eigenvalue weighted by Crippen LogP contribution is 2.32. The average molecular weight is 396 g/mol. The normalized spacial score (nSPS) is 10.4. The molecule has 28 heavy (non-hydrogen) atoms. The quantitative estimate of drug-likeness (QED) is 0.606. The minimum Gasteiger partial charge on any atom is -0.497 e. The number of hydrogen-bond acceptors (Lipinski definition) is 6. The van der Waals surface area contributed by atoms with Gasteiger partial charge in [0, 0.05) is 5.56 Å². The number of methoxy groups -OCH3 is 1. The summed E-state index contributed by atoms with van der Waals surface area (Å²) in [5.74, 6) is 0.0686. The van der Waals surface area contributed by atoms with Crippen molar-refractivity contribution in [3.8, 4) is 17.0 Å². The Balaban J connectivity index is 1.79. The number of nitrogens with one attached hydrogen (secondary N) is 1. The second kappa shape index (κ2) is 9.14. The molecular formula is C21H20N2O4S. The standard InChI is InChI=1S/C21H20N2O4S/c1-3-27-20(25)19-18(15-7-5-4-6-8-15)23-21(28-19)22-17(24)13-14-9-11-16(26-2)12-10-14/h4-12H,3,13H2,1-2H3,(H,22,23,24). The molecule has 6 nitrogen and oxygen atoms in total. The van der Waals surface area contributed by atoms with Crippen molar-refractivity contribution >= 4 is 28.3 Å². The Hall–Kier alpha value is -3.19. The minimum absolute atomic E-state index is 0.193. The van der Waals surface area contributed by atoms with Crippen LogP contribution in [-0.4, -0.2) is 30.6 Å². The van der Waals surface area contributed by atoms with E-state index in [0.717, 1.165) is 28.2 Å². The second-order valence-corrected chi connectivity index (χ2v) is 6.86. The Morgan fingerprint density at radius 3 is 2.43 bits per heavy atom. The number of benzene rings is 2. The summed E-state index contributed by atoms with van der Waals surface area (Å²) in [6, 6.07) is 16.6. The van der Waals surface area contributed by atoms with E-state index in [9.17, 15) is 9.59 Å². The zero-order chi connectivity index (χ0) is 19.9. The summed E-state index contributed by atoms with van der Waals surface area (Å²) < 4.78 is 10.3. The Kier molecular flexibility index (Phi) is 6.39. The second-order valence-electron chi connectivity index (χ2n) is 5.86. The average Bonchev–Trinajstić information content (AvgIpc) is 3.13. The van der Waals surface area contributed by atoms with Gasteiger partial charge in [-0.15, -0.1) is 0 Å². The lowest BCUT2D eigenvalue weighted by Crippen LogP contribution is -2.14. The van der Waals surface area contributed by atoms with Gasteiger partial charge in [-0.1, -0.05) is 53.8 Å². The lowest BCUT2D eigenvalue weighted by molar-refractivity contribution is -0.115.